The number of nitrogens with zero attached hydrogens (tertiary/aromatic N) is 2. The first-order valence-corrected chi connectivity index (χ1v) is 6.57. The van der Waals surface area contributed by atoms with Gasteiger partial charge < -0.3 is 10.4 Å². The standard InChI is InChI=1S/C11H15N3O2S/c1-2-9-13-14-11(17-9)12-8-6-4-3-5-7(8)10(15)16/h2-6H2,1H3,(H,12,14)(H,15,16). The number of nitrogens with one attached hydrogen (secondary N) is 1. The normalized spacial score (nSPS) is 16.1. The molecule has 6 heteroatoms. The third-order valence-electron chi connectivity index (χ3n) is 2.75. The Morgan fingerprint density at radius 2 is 2.18 bits per heavy atom. The number of hydrogen-bond donors (Lipinski definition) is 2. The van der Waals surface area contributed by atoms with Crippen LogP contribution in [0.3, 0.4) is 0 Å². The van der Waals surface area contributed by atoms with E-state index in [0.717, 1.165) is 36.4 Å². The number of hydrogen-bond acceptors (Lipinski definition) is 5. The second kappa shape index (κ2) is 5.27. The monoisotopic (exact) mass is 253 g/mol. The second-order valence-corrected chi connectivity index (χ2v) is 5.01. The second-order valence-electron chi connectivity index (χ2n) is 3.95. The van der Waals surface area contributed by atoms with Gasteiger partial charge in [-0.2, -0.15) is 0 Å². The molecule has 0 bridgehead atoms. The Bertz CT molecular complexity index is 453. The number of aliphatic carboxylic acids is 1. The van der Waals surface area contributed by atoms with Gasteiger partial charge in [-0.15, -0.1) is 10.2 Å². The van der Waals surface area contributed by atoms with Crippen molar-refractivity contribution in [1.82, 2.24) is 10.2 Å². The summed E-state index contributed by atoms with van der Waals surface area (Å²) in [6.45, 7) is 2.02. The van der Waals surface area contributed by atoms with Gasteiger partial charge in [-0.05, 0) is 32.1 Å². The number of rotatable bonds is 4. The first kappa shape index (κ1) is 12.0. The number of carboxylic acid groups (broad SMARTS) is 1. The zero-order chi connectivity index (χ0) is 12.3. The van der Waals surface area contributed by atoms with E-state index in [9.17, 15) is 4.79 Å². The van der Waals surface area contributed by atoms with Gasteiger partial charge in [-0.3, -0.25) is 0 Å². The molecule has 1 aliphatic rings. The molecule has 0 radical (unpaired) electrons. The van der Waals surface area contributed by atoms with E-state index in [-0.39, 0.29) is 0 Å². The van der Waals surface area contributed by atoms with E-state index < -0.39 is 5.97 Å². The quantitative estimate of drug-likeness (QED) is 0.862. The maximum Gasteiger partial charge on any atom is 0.333 e. The fraction of sp³-hybridized carbons (Fsp3) is 0.545. The average Bonchev–Trinajstić information content (AvgIpc) is 2.77. The Hall–Kier alpha value is -1.43. The SMILES string of the molecule is CCc1nnc(NC2=C(C(=O)O)CCCC2)s1. The molecule has 0 unspecified atom stereocenters. The lowest BCUT2D eigenvalue weighted by Gasteiger charge is -2.17. The topological polar surface area (TPSA) is 75.1 Å². The molecule has 1 aromatic heterocycles. The lowest BCUT2D eigenvalue weighted by Crippen LogP contribution is -2.14. The van der Waals surface area contributed by atoms with Gasteiger partial charge in [0.2, 0.25) is 5.13 Å². The zero-order valence-electron chi connectivity index (χ0n) is 9.69. The average molecular weight is 253 g/mol. The number of allylic oxidation sites excluding steroid dienone is 1. The maximum atomic E-state index is 11.1. The molecule has 5 nitrogen and oxygen atoms in total. The van der Waals surface area contributed by atoms with E-state index in [1.807, 2.05) is 6.92 Å². The van der Waals surface area contributed by atoms with Crippen molar-refractivity contribution in [2.75, 3.05) is 5.32 Å². The molecular formula is C11H15N3O2S. The summed E-state index contributed by atoms with van der Waals surface area (Å²) in [6.07, 6.45) is 4.24. The fourth-order valence-corrected chi connectivity index (χ4v) is 2.56. The smallest absolute Gasteiger partial charge is 0.333 e. The molecule has 2 rings (SSSR count). The number of aromatic nitrogens is 2. The van der Waals surface area contributed by atoms with Gasteiger partial charge in [0.1, 0.15) is 5.01 Å². The van der Waals surface area contributed by atoms with Gasteiger partial charge >= 0.3 is 5.97 Å². The minimum absolute atomic E-state index is 0.490. The summed E-state index contributed by atoms with van der Waals surface area (Å²) in [5.74, 6) is -0.826. The Kier molecular flexibility index (Phi) is 3.73. The fourth-order valence-electron chi connectivity index (χ4n) is 1.86. The lowest BCUT2D eigenvalue weighted by molar-refractivity contribution is -0.133. The Balaban J connectivity index is 2.17. The predicted molar refractivity (Wildman–Crippen MR) is 66.0 cm³/mol. The summed E-state index contributed by atoms with van der Waals surface area (Å²) < 4.78 is 0. The lowest BCUT2D eigenvalue weighted by atomic mass is 9.96. The highest BCUT2D eigenvalue weighted by molar-refractivity contribution is 7.15. The minimum Gasteiger partial charge on any atom is -0.478 e. The van der Waals surface area contributed by atoms with E-state index in [0.29, 0.717) is 17.1 Å². The zero-order valence-corrected chi connectivity index (χ0v) is 10.5. The Labute approximate surface area is 104 Å². The number of aryl methyl sites for hydroxylation is 1. The summed E-state index contributed by atoms with van der Waals surface area (Å²) in [5, 5.41) is 21.9. The van der Waals surface area contributed by atoms with Crippen molar-refractivity contribution >= 4 is 22.4 Å². The highest BCUT2D eigenvalue weighted by atomic mass is 32.1. The molecule has 0 aliphatic heterocycles. The molecule has 1 aromatic rings. The summed E-state index contributed by atoms with van der Waals surface area (Å²) in [5.41, 5.74) is 1.28. The van der Waals surface area contributed by atoms with Crippen molar-refractivity contribution < 1.29 is 9.90 Å². The molecule has 0 aromatic carbocycles. The van der Waals surface area contributed by atoms with Crippen LogP contribution in [0.4, 0.5) is 5.13 Å². The molecule has 0 amide bonds. The van der Waals surface area contributed by atoms with Gasteiger partial charge in [0, 0.05) is 5.70 Å². The van der Waals surface area contributed by atoms with E-state index >= 15 is 0 Å². The van der Waals surface area contributed by atoms with Crippen LogP contribution < -0.4 is 5.32 Å². The highest BCUT2D eigenvalue weighted by Crippen LogP contribution is 2.27. The number of anilines is 1. The summed E-state index contributed by atoms with van der Waals surface area (Å²) in [6, 6.07) is 0. The summed E-state index contributed by atoms with van der Waals surface area (Å²) in [7, 11) is 0. The molecule has 0 fully saturated rings. The Morgan fingerprint density at radius 3 is 2.82 bits per heavy atom. The van der Waals surface area contributed by atoms with Crippen LogP contribution in [0, 0.1) is 0 Å². The van der Waals surface area contributed by atoms with Crippen LogP contribution in [0.1, 0.15) is 37.6 Å². The van der Waals surface area contributed by atoms with Gasteiger partial charge in [0.25, 0.3) is 0 Å². The van der Waals surface area contributed by atoms with E-state index in [1.54, 1.807) is 0 Å². The van der Waals surface area contributed by atoms with Crippen molar-refractivity contribution in [2.24, 2.45) is 0 Å². The van der Waals surface area contributed by atoms with Crippen LogP contribution in [-0.2, 0) is 11.2 Å². The van der Waals surface area contributed by atoms with Crippen LogP contribution >= 0.6 is 11.3 Å². The van der Waals surface area contributed by atoms with Crippen LogP contribution in [0.15, 0.2) is 11.3 Å². The first-order chi connectivity index (χ1) is 8.20. The molecule has 92 valence electrons. The number of carbonyl (C=O) groups is 1. The highest BCUT2D eigenvalue weighted by Gasteiger charge is 2.19. The van der Waals surface area contributed by atoms with Crippen molar-refractivity contribution in [3.8, 4) is 0 Å². The molecule has 0 saturated carbocycles. The van der Waals surface area contributed by atoms with Gasteiger partial charge in [-0.1, -0.05) is 18.3 Å². The van der Waals surface area contributed by atoms with Crippen LogP contribution in [-0.4, -0.2) is 21.3 Å². The first-order valence-electron chi connectivity index (χ1n) is 5.75. The maximum absolute atomic E-state index is 11.1. The molecule has 17 heavy (non-hydrogen) atoms. The minimum atomic E-state index is -0.826. The van der Waals surface area contributed by atoms with Crippen LogP contribution in [0.2, 0.25) is 0 Å². The van der Waals surface area contributed by atoms with Crippen molar-refractivity contribution in [3.63, 3.8) is 0 Å². The van der Waals surface area contributed by atoms with E-state index in [4.69, 9.17) is 5.11 Å². The molecule has 0 spiro atoms. The molecule has 2 N–H and O–H groups in total. The van der Waals surface area contributed by atoms with Crippen molar-refractivity contribution in [3.05, 3.63) is 16.3 Å². The van der Waals surface area contributed by atoms with Crippen molar-refractivity contribution in [1.29, 1.82) is 0 Å². The van der Waals surface area contributed by atoms with E-state index in [1.165, 1.54) is 11.3 Å². The number of carboxylic acids is 1. The Morgan fingerprint density at radius 1 is 1.41 bits per heavy atom. The molecular weight excluding hydrogens is 238 g/mol. The third-order valence-corrected chi connectivity index (χ3v) is 3.74. The molecule has 1 aliphatic carbocycles. The van der Waals surface area contributed by atoms with Gasteiger partial charge in [-0.25, -0.2) is 4.79 Å². The third kappa shape index (κ3) is 2.82. The predicted octanol–water partition coefficient (Wildman–Crippen LogP) is 2.43. The van der Waals surface area contributed by atoms with E-state index in [2.05, 4.69) is 15.5 Å². The van der Waals surface area contributed by atoms with Crippen molar-refractivity contribution in [2.45, 2.75) is 39.0 Å². The van der Waals surface area contributed by atoms with Gasteiger partial charge in [0.15, 0.2) is 0 Å². The van der Waals surface area contributed by atoms with Crippen LogP contribution in [0.5, 0.6) is 0 Å². The largest absolute Gasteiger partial charge is 0.478 e. The van der Waals surface area contributed by atoms with Gasteiger partial charge in [0.05, 0.1) is 5.57 Å². The molecule has 0 saturated heterocycles. The summed E-state index contributed by atoms with van der Waals surface area (Å²) in [4.78, 5) is 11.1. The van der Waals surface area contributed by atoms with Crippen LogP contribution in [0.25, 0.3) is 0 Å². The summed E-state index contributed by atoms with van der Waals surface area (Å²) >= 11 is 1.48. The molecule has 1 heterocycles. The molecule has 0 atom stereocenters.